The summed E-state index contributed by atoms with van der Waals surface area (Å²) in [7, 11) is 1.64. The first-order valence-electron chi connectivity index (χ1n) is 10.1. The van der Waals surface area contributed by atoms with Crippen molar-refractivity contribution < 1.29 is 9.53 Å². The molecule has 0 fully saturated rings. The summed E-state index contributed by atoms with van der Waals surface area (Å²) < 4.78 is 5.70. The number of hydrogen-bond acceptors (Lipinski definition) is 3. The molecule has 0 saturated heterocycles. The fourth-order valence-electron chi connectivity index (χ4n) is 4.21. The zero-order chi connectivity index (χ0) is 22.1. The number of thiocarbonyl (C=S) groups is 1. The highest BCUT2D eigenvalue weighted by Crippen LogP contribution is 2.38. The molecule has 0 spiro atoms. The third kappa shape index (κ3) is 4.11. The molecule has 0 bridgehead atoms. The first-order chi connectivity index (χ1) is 14.9. The van der Waals surface area contributed by atoms with Crippen LogP contribution in [0.15, 0.2) is 65.9 Å². The Morgan fingerprint density at radius 1 is 1.03 bits per heavy atom. The van der Waals surface area contributed by atoms with Gasteiger partial charge in [0.2, 0.25) is 0 Å². The van der Waals surface area contributed by atoms with Crippen molar-refractivity contribution in [2.45, 2.75) is 26.8 Å². The van der Waals surface area contributed by atoms with Crippen molar-refractivity contribution in [2.24, 2.45) is 0 Å². The van der Waals surface area contributed by atoms with Crippen molar-refractivity contribution in [2.75, 3.05) is 12.4 Å². The highest BCUT2D eigenvalue weighted by Gasteiger charge is 2.33. The van der Waals surface area contributed by atoms with E-state index in [-0.39, 0.29) is 5.91 Å². The van der Waals surface area contributed by atoms with Crippen LogP contribution in [-0.4, -0.2) is 18.1 Å². The average Bonchev–Trinajstić information content (AvgIpc) is 2.71. The van der Waals surface area contributed by atoms with E-state index < -0.39 is 6.04 Å². The van der Waals surface area contributed by atoms with E-state index in [1.165, 1.54) is 0 Å². The molecule has 0 aliphatic carbocycles. The predicted molar refractivity (Wildman–Crippen MR) is 129 cm³/mol. The molecule has 0 saturated carbocycles. The van der Waals surface area contributed by atoms with Crippen LogP contribution in [0, 0.1) is 13.8 Å². The number of fused-ring (bicyclic) bond motifs is 1. The molecule has 31 heavy (non-hydrogen) atoms. The van der Waals surface area contributed by atoms with Gasteiger partial charge >= 0.3 is 0 Å². The van der Waals surface area contributed by atoms with E-state index in [9.17, 15) is 4.79 Å². The number of amides is 1. The first kappa shape index (κ1) is 20.9. The van der Waals surface area contributed by atoms with Crippen molar-refractivity contribution in [3.8, 4) is 5.75 Å². The molecule has 5 nitrogen and oxygen atoms in total. The molecule has 4 rings (SSSR count). The molecule has 3 aromatic carbocycles. The predicted octanol–water partition coefficient (Wildman–Crippen LogP) is 4.90. The lowest BCUT2D eigenvalue weighted by molar-refractivity contribution is -0.113. The Kier molecular flexibility index (Phi) is 5.65. The van der Waals surface area contributed by atoms with Gasteiger partial charge in [0.25, 0.3) is 5.91 Å². The lowest BCUT2D eigenvalue weighted by Gasteiger charge is -2.32. The van der Waals surface area contributed by atoms with Gasteiger partial charge in [-0.05, 0) is 73.1 Å². The number of anilines is 1. The molecule has 158 valence electrons. The number of benzene rings is 3. The second kappa shape index (κ2) is 8.40. The van der Waals surface area contributed by atoms with Crippen LogP contribution >= 0.6 is 12.2 Å². The first-order valence-corrected chi connectivity index (χ1v) is 10.5. The second-order valence-electron chi connectivity index (χ2n) is 7.80. The Hall–Kier alpha value is -3.38. The van der Waals surface area contributed by atoms with Gasteiger partial charge in [-0.25, -0.2) is 0 Å². The van der Waals surface area contributed by atoms with Crippen LogP contribution in [0.3, 0.4) is 0 Å². The third-order valence-electron chi connectivity index (χ3n) is 5.43. The number of aryl methyl sites for hydroxylation is 2. The summed E-state index contributed by atoms with van der Waals surface area (Å²) in [6.07, 6.45) is 0. The SMILES string of the molecule is COc1ccc2ccccc2c1[C@@H]1NC(=S)NC(C)=C1C(=O)Nc1cc(C)cc(C)c1. The maximum atomic E-state index is 13.5. The van der Waals surface area contributed by atoms with E-state index in [0.717, 1.165) is 33.2 Å². The molecular formula is C25H25N3O2S. The summed E-state index contributed by atoms with van der Waals surface area (Å²) >= 11 is 5.44. The molecule has 1 amide bonds. The summed E-state index contributed by atoms with van der Waals surface area (Å²) in [4.78, 5) is 13.5. The number of carbonyl (C=O) groups is 1. The quantitative estimate of drug-likeness (QED) is 0.513. The fraction of sp³-hybridized carbons (Fsp3) is 0.200. The molecule has 3 aromatic rings. The Morgan fingerprint density at radius 3 is 2.45 bits per heavy atom. The van der Waals surface area contributed by atoms with Gasteiger partial charge < -0.3 is 20.7 Å². The summed E-state index contributed by atoms with van der Waals surface area (Å²) in [5.41, 5.74) is 5.12. The molecule has 1 heterocycles. The second-order valence-corrected chi connectivity index (χ2v) is 8.21. The molecule has 0 unspecified atom stereocenters. The van der Waals surface area contributed by atoms with Crippen LogP contribution in [0.5, 0.6) is 5.75 Å². The zero-order valence-corrected chi connectivity index (χ0v) is 18.8. The van der Waals surface area contributed by atoms with E-state index >= 15 is 0 Å². The van der Waals surface area contributed by atoms with Crippen molar-refractivity contribution >= 4 is 39.7 Å². The van der Waals surface area contributed by atoms with Gasteiger partial charge in [0, 0.05) is 16.9 Å². The van der Waals surface area contributed by atoms with Crippen molar-refractivity contribution in [3.63, 3.8) is 0 Å². The van der Waals surface area contributed by atoms with Gasteiger partial charge in [0.1, 0.15) is 5.75 Å². The van der Waals surface area contributed by atoms with Crippen molar-refractivity contribution in [1.82, 2.24) is 10.6 Å². The van der Waals surface area contributed by atoms with Gasteiger partial charge in [-0.1, -0.05) is 36.4 Å². The van der Waals surface area contributed by atoms with E-state index in [0.29, 0.717) is 22.1 Å². The van der Waals surface area contributed by atoms with Gasteiger partial charge in [-0.15, -0.1) is 0 Å². The Bertz CT molecular complexity index is 1210. The van der Waals surface area contributed by atoms with Crippen LogP contribution in [0.2, 0.25) is 0 Å². The minimum Gasteiger partial charge on any atom is -0.496 e. The Balaban J connectivity index is 1.83. The lowest BCUT2D eigenvalue weighted by atomic mass is 9.90. The molecule has 1 aliphatic rings. The highest BCUT2D eigenvalue weighted by atomic mass is 32.1. The van der Waals surface area contributed by atoms with Gasteiger partial charge in [-0.2, -0.15) is 0 Å². The van der Waals surface area contributed by atoms with Gasteiger partial charge in [0.15, 0.2) is 5.11 Å². The third-order valence-corrected chi connectivity index (χ3v) is 5.65. The molecular weight excluding hydrogens is 406 g/mol. The number of ether oxygens (including phenoxy) is 1. The smallest absolute Gasteiger partial charge is 0.255 e. The summed E-state index contributed by atoms with van der Waals surface area (Å²) in [6, 6.07) is 17.5. The molecule has 3 N–H and O–H groups in total. The standard InChI is InChI=1S/C25H25N3O2S/c1-14-11-15(2)13-18(12-14)27-24(29)21-16(3)26-25(31)28-23(21)22-19-8-6-5-7-17(19)9-10-20(22)30-4/h5-13,23H,1-4H3,(H,27,29)(H2,26,28,31)/t23-/m1/s1. The maximum Gasteiger partial charge on any atom is 0.255 e. The van der Waals surface area contributed by atoms with E-state index in [1.807, 2.05) is 69.3 Å². The number of methoxy groups -OCH3 is 1. The summed E-state index contributed by atoms with van der Waals surface area (Å²) in [5, 5.41) is 12.0. The number of nitrogens with one attached hydrogen (secondary N) is 3. The molecule has 1 aliphatic heterocycles. The summed E-state index contributed by atoms with van der Waals surface area (Å²) in [5.74, 6) is 0.510. The number of allylic oxidation sites excluding steroid dienone is 1. The van der Waals surface area contributed by atoms with Gasteiger partial charge in [0.05, 0.1) is 18.7 Å². The summed E-state index contributed by atoms with van der Waals surface area (Å²) in [6.45, 7) is 5.90. The van der Waals surface area contributed by atoms with Crippen LogP contribution < -0.4 is 20.7 Å². The topological polar surface area (TPSA) is 62.4 Å². The molecule has 1 atom stereocenters. The van der Waals surface area contributed by atoms with Crippen LogP contribution in [0.1, 0.15) is 29.7 Å². The van der Waals surface area contributed by atoms with Crippen LogP contribution in [0.4, 0.5) is 5.69 Å². The van der Waals surface area contributed by atoms with Crippen LogP contribution in [0.25, 0.3) is 10.8 Å². The van der Waals surface area contributed by atoms with E-state index in [2.05, 4.69) is 22.0 Å². The average molecular weight is 432 g/mol. The molecule has 6 heteroatoms. The van der Waals surface area contributed by atoms with E-state index in [1.54, 1.807) is 7.11 Å². The van der Waals surface area contributed by atoms with E-state index in [4.69, 9.17) is 17.0 Å². The Morgan fingerprint density at radius 2 is 1.74 bits per heavy atom. The normalized spacial score (nSPS) is 16.0. The Labute approximate surface area is 187 Å². The van der Waals surface area contributed by atoms with Crippen molar-refractivity contribution in [1.29, 1.82) is 0 Å². The monoisotopic (exact) mass is 431 g/mol. The highest BCUT2D eigenvalue weighted by molar-refractivity contribution is 7.80. The van der Waals surface area contributed by atoms with Gasteiger partial charge in [-0.3, -0.25) is 4.79 Å². The fourth-order valence-corrected chi connectivity index (χ4v) is 4.48. The van der Waals surface area contributed by atoms with Crippen molar-refractivity contribution in [3.05, 3.63) is 82.6 Å². The zero-order valence-electron chi connectivity index (χ0n) is 18.0. The minimum atomic E-state index is -0.458. The number of carbonyl (C=O) groups excluding carboxylic acids is 1. The lowest BCUT2D eigenvalue weighted by Crippen LogP contribution is -2.46. The number of hydrogen-bond donors (Lipinski definition) is 3. The molecule has 0 aromatic heterocycles. The molecule has 0 radical (unpaired) electrons. The number of rotatable bonds is 4. The van der Waals surface area contributed by atoms with Crippen LogP contribution in [-0.2, 0) is 4.79 Å². The largest absolute Gasteiger partial charge is 0.496 e. The maximum absolute atomic E-state index is 13.5. The minimum absolute atomic E-state index is 0.190.